The molecule has 0 saturated carbocycles. The maximum Gasteiger partial charge on any atom is 0.234 e. The van der Waals surface area contributed by atoms with Crippen molar-refractivity contribution in [3.63, 3.8) is 0 Å². The largest absolute Gasteiger partial charge is 0.326 e. The van der Waals surface area contributed by atoms with Crippen LogP contribution in [0.3, 0.4) is 0 Å². The second kappa shape index (κ2) is 10.9. The van der Waals surface area contributed by atoms with Gasteiger partial charge in [-0.1, -0.05) is 23.9 Å². The molecule has 9 heteroatoms. The smallest absolute Gasteiger partial charge is 0.234 e. The van der Waals surface area contributed by atoms with Gasteiger partial charge in [0.1, 0.15) is 0 Å². The van der Waals surface area contributed by atoms with Gasteiger partial charge in [0.2, 0.25) is 17.7 Å². The number of amides is 3. The number of rotatable bonds is 8. The average Bonchev–Trinajstić information content (AvgIpc) is 3.18. The van der Waals surface area contributed by atoms with Crippen LogP contribution in [0.15, 0.2) is 52.2 Å². The van der Waals surface area contributed by atoms with Crippen LogP contribution < -0.4 is 16.0 Å². The number of benzene rings is 2. The third-order valence-electron chi connectivity index (χ3n) is 4.57. The molecule has 0 unspecified atom stereocenters. The van der Waals surface area contributed by atoms with Crippen LogP contribution in [0.5, 0.6) is 0 Å². The van der Waals surface area contributed by atoms with Crippen LogP contribution in [-0.2, 0) is 20.8 Å². The first-order valence-corrected chi connectivity index (χ1v) is 11.8. The number of thiazole rings is 1. The van der Waals surface area contributed by atoms with Gasteiger partial charge in [0.15, 0.2) is 4.34 Å². The van der Waals surface area contributed by atoms with Gasteiger partial charge >= 0.3 is 0 Å². The second-order valence-corrected chi connectivity index (χ2v) is 9.25. The molecule has 7 nitrogen and oxygen atoms in total. The summed E-state index contributed by atoms with van der Waals surface area (Å²) in [5.41, 5.74) is 4.97. The molecule has 3 amide bonds. The lowest BCUT2D eigenvalue weighted by molar-refractivity contribution is -0.116. The summed E-state index contributed by atoms with van der Waals surface area (Å²) in [5, 5.41) is 10.3. The van der Waals surface area contributed by atoms with Gasteiger partial charge < -0.3 is 16.0 Å². The minimum Gasteiger partial charge on any atom is -0.326 e. The zero-order chi connectivity index (χ0) is 23.1. The van der Waals surface area contributed by atoms with Crippen molar-refractivity contribution in [2.75, 3.05) is 21.7 Å². The molecule has 1 aromatic heterocycles. The molecule has 0 atom stereocenters. The van der Waals surface area contributed by atoms with Gasteiger partial charge in [-0.25, -0.2) is 4.98 Å². The maximum absolute atomic E-state index is 12.4. The van der Waals surface area contributed by atoms with Crippen molar-refractivity contribution in [1.29, 1.82) is 0 Å². The number of nitrogens with one attached hydrogen (secondary N) is 3. The highest BCUT2D eigenvalue weighted by molar-refractivity contribution is 8.01. The van der Waals surface area contributed by atoms with Crippen LogP contribution in [-0.4, -0.2) is 28.5 Å². The van der Waals surface area contributed by atoms with E-state index < -0.39 is 0 Å². The lowest BCUT2D eigenvalue weighted by Crippen LogP contribution is -2.15. The number of carbonyl (C=O) groups is 3. The summed E-state index contributed by atoms with van der Waals surface area (Å²) in [6.07, 6.45) is 0.178. The van der Waals surface area contributed by atoms with Gasteiger partial charge in [0.05, 0.1) is 17.9 Å². The number of thioether (sulfide) groups is 1. The summed E-state index contributed by atoms with van der Waals surface area (Å²) in [7, 11) is 0. The number of hydrogen-bond acceptors (Lipinski definition) is 6. The zero-order valence-electron chi connectivity index (χ0n) is 18.0. The van der Waals surface area contributed by atoms with Gasteiger partial charge in [0, 0.05) is 29.4 Å². The third kappa shape index (κ3) is 6.93. The Hall–Kier alpha value is -3.17. The molecule has 0 aliphatic rings. The number of nitrogens with zero attached hydrogens (tertiary/aromatic N) is 1. The molecular formula is C23H24N4O3S2. The van der Waals surface area contributed by atoms with E-state index in [4.69, 9.17) is 0 Å². The minimum absolute atomic E-state index is 0.124. The summed E-state index contributed by atoms with van der Waals surface area (Å²) >= 11 is 2.73. The molecule has 3 aromatic rings. The van der Waals surface area contributed by atoms with E-state index in [1.165, 1.54) is 30.0 Å². The van der Waals surface area contributed by atoms with Crippen LogP contribution in [0, 0.1) is 13.8 Å². The molecule has 3 N–H and O–H groups in total. The van der Waals surface area contributed by atoms with Crippen LogP contribution in [0.1, 0.15) is 23.7 Å². The molecule has 32 heavy (non-hydrogen) atoms. The van der Waals surface area contributed by atoms with Gasteiger partial charge in [-0.3, -0.25) is 14.4 Å². The number of hydrogen-bond donors (Lipinski definition) is 3. The summed E-state index contributed by atoms with van der Waals surface area (Å²) in [6.45, 7) is 5.42. The third-order valence-corrected chi connectivity index (χ3v) is 6.64. The van der Waals surface area contributed by atoms with Gasteiger partial charge in [-0.2, -0.15) is 0 Å². The second-order valence-electron chi connectivity index (χ2n) is 7.17. The van der Waals surface area contributed by atoms with Crippen molar-refractivity contribution in [2.45, 2.75) is 31.5 Å². The Bertz CT molecular complexity index is 1130. The maximum atomic E-state index is 12.4. The molecule has 0 spiro atoms. The molecule has 0 bridgehead atoms. The first-order chi connectivity index (χ1) is 15.3. The van der Waals surface area contributed by atoms with E-state index in [0.717, 1.165) is 21.2 Å². The molecule has 2 aromatic carbocycles. The molecule has 0 fully saturated rings. The van der Waals surface area contributed by atoms with Gasteiger partial charge in [-0.15, -0.1) is 11.3 Å². The van der Waals surface area contributed by atoms with Crippen molar-refractivity contribution in [2.24, 2.45) is 0 Å². The van der Waals surface area contributed by atoms with E-state index in [-0.39, 0.29) is 29.9 Å². The Morgan fingerprint density at radius 3 is 2.31 bits per heavy atom. The van der Waals surface area contributed by atoms with Crippen molar-refractivity contribution < 1.29 is 14.4 Å². The van der Waals surface area contributed by atoms with E-state index in [0.29, 0.717) is 17.1 Å². The first-order valence-electron chi connectivity index (χ1n) is 9.91. The predicted octanol–water partition coefficient (Wildman–Crippen LogP) is 4.63. The summed E-state index contributed by atoms with van der Waals surface area (Å²) in [5.74, 6) is -0.230. The normalized spacial score (nSPS) is 10.5. The topological polar surface area (TPSA) is 100 Å². The minimum atomic E-state index is -0.160. The van der Waals surface area contributed by atoms with E-state index >= 15 is 0 Å². The van der Waals surface area contributed by atoms with E-state index in [9.17, 15) is 14.4 Å². The van der Waals surface area contributed by atoms with Crippen LogP contribution in [0.25, 0.3) is 0 Å². The first kappa shape index (κ1) is 23.5. The molecule has 0 aliphatic heterocycles. The quantitative estimate of drug-likeness (QED) is 0.419. The van der Waals surface area contributed by atoms with Gasteiger partial charge in [-0.05, 0) is 55.3 Å². The molecule has 0 aliphatic carbocycles. The lowest BCUT2D eigenvalue weighted by Gasteiger charge is -2.09. The average molecular weight is 469 g/mol. The Kier molecular flexibility index (Phi) is 8.02. The predicted molar refractivity (Wildman–Crippen MR) is 130 cm³/mol. The lowest BCUT2D eigenvalue weighted by atomic mass is 10.1. The fraction of sp³-hybridized carbons (Fsp3) is 0.217. The number of anilines is 3. The highest BCUT2D eigenvalue weighted by atomic mass is 32.2. The SMILES string of the molecule is CC(=O)Nc1ccc(NC(=O)CSc2nc(CC(=O)Nc3cccc(C)c3C)cs2)cc1. The standard InChI is InChI=1S/C23H24N4O3S2/c1-14-5-4-6-20(15(14)2)27-21(29)11-19-12-31-23(26-19)32-13-22(30)25-18-9-7-17(8-10-18)24-16(3)28/h4-10,12H,11,13H2,1-3H3,(H,24,28)(H,25,30)(H,27,29). The van der Waals surface area contributed by atoms with E-state index in [2.05, 4.69) is 20.9 Å². The molecule has 166 valence electrons. The molecule has 1 heterocycles. The number of aryl methyl sites for hydroxylation is 1. The fourth-order valence-electron chi connectivity index (χ4n) is 2.85. The Labute approximate surface area is 195 Å². The van der Waals surface area contributed by atoms with Crippen LogP contribution in [0.2, 0.25) is 0 Å². The highest BCUT2D eigenvalue weighted by Crippen LogP contribution is 2.24. The Morgan fingerprint density at radius 2 is 1.62 bits per heavy atom. The molecular weight excluding hydrogens is 444 g/mol. The Morgan fingerprint density at radius 1 is 0.938 bits per heavy atom. The van der Waals surface area contributed by atoms with E-state index in [1.807, 2.05) is 37.4 Å². The van der Waals surface area contributed by atoms with Crippen molar-refractivity contribution in [3.05, 3.63) is 64.7 Å². The zero-order valence-corrected chi connectivity index (χ0v) is 19.7. The fourth-order valence-corrected chi connectivity index (χ4v) is 4.49. The Balaban J connectivity index is 1.46. The highest BCUT2D eigenvalue weighted by Gasteiger charge is 2.12. The molecule has 0 radical (unpaired) electrons. The summed E-state index contributed by atoms with van der Waals surface area (Å²) < 4.78 is 0.732. The molecule has 0 saturated heterocycles. The van der Waals surface area contributed by atoms with Crippen LogP contribution in [0.4, 0.5) is 17.1 Å². The van der Waals surface area contributed by atoms with E-state index in [1.54, 1.807) is 24.3 Å². The van der Waals surface area contributed by atoms with Crippen molar-refractivity contribution in [3.8, 4) is 0 Å². The molecule has 3 rings (SSSR count). The summed E-state index contributed by atoms with van der Waals surface area (Å²) in [4.78, 5) is 40.1. The summed E-state index contributed by atoms with van der Waals surface area (Å²) in [6, 6.07) is 12.7. The number of aromatic nitrogens is 1. The number of carbonyl (C=O) groups excluding carboxylic acids is 3. The van der Waals surface area contributed by atoms with Crippen LogP contribution >= 0.6 is 23.1 Å². The van der Waals surface area contributed by atoms with Gasteiger partial charge in [0.25, 0.3) is 0 Å². The monoisotopic (exact) mass is 468 g/mol. The van der Waals surface area contributed by atoms with Crippen molar-refractivity contribution >= 4 is 57.9 Å². The van der Waals surface area contributed by atoms with Crippen molar-refractivity contribution in [1.82, 2.24) is 4.98 Å².